The number of aromatic amines is 2. The Morgan fingerprint density at radius 1 is 0.704 bits per heavy atom. The van der Waals surface area contributed by atoms with Gasteiger partial charge in [0.2, 0.25) is 0 Å². The van der Waals surface area contributed by atoms with Crippen molar-refractivity contribution in [1.82, 2.24) is 19.9 Å². The Balaban J connectivity index is 1.18. The molecule has 0 saturated heterocycles. The van der Waals surface area contributed by atoms with Gasteiger partial charge in [-0.3, -0.25) is 0 Å². The van der Waals surface area contributed by atoms with Gasteiger partial charge < -0.3 is 9.97 Å². The van der Waals surface area contributed by atoms with Gasteiger partial charge in [-0.1, -0.05) is 37.5 Å². The number of fused-ring (bicyclic) bond motifs is 2. The van der Waals surface area contributed by atoms with Crippen molar-refractivity contribution in [2.24, 2.45) is 0 Å². The van der Waals surface area contributed by atoms with Crippen LogP contribution in [0.1, 0.15) is 54.9 Å². The molecule has 2 aromatic heterocycles. The molecule has 27 heavy (non-hydrogen) atoms. The van der Waals surface area contributed by atoms with Crippen LogP contribution < -0.4 is 0 Å². The molecule has 0 spiro atoms. The number of hydrogen-bond donors (Lipinski definition) is 2. The molecule has 0 saturated carbocycles. The van der Waals surface area contributed by atoms with E-state index in [1.165, 1.54) is 48.7 Å². The van der Waals surface area contributed by atoms with Gasteiger partial charge >= 0.3 is 0 Å². The van der Waals surface area contributed by atoms with Crippen LogP contribution >= 0.6 is 0 Å². The number of nitrogens with one attached hydrogen (secondary N) is 2. The molecule has 0 aliphatic heterocycles. The summed E-state index contributed by atoms with van der Waals surface area (Å²) in [5.41, 5.74) is 7.12. The summed E-state index contributed by atoms with van der Waals surface area (Å²) in [4.78, 5) is 16.3. The third-order valence-corrected chi connectivity index (χ3v) is 5.49. The number of rotatable bonds is 8. The van der Waals surface area contributed by atoms with E-state index in [-0.39, 0.29) is 0 Å². The highest BCUT2D eigenvalue weighted by Crippen LogP contribution is 2.20. The van der Waals surface area contributed by atoms with Crippen molar-refractivity contribution >= 4 is 22.1 Å². The summed E-state index contributed by atoms with van der Waals surface area (Å²) in [5.74, 6) is 2.24. The van der Waals surface area contributed by atoms with Gasteiger partial charge in [-0.2, -0.15) is 0 Å². The van der Waals surface area contributed by atoms with Gasteiger partial charge in [-0.15, -0.1) is 0 Å². The summed E-state index contributed by atoms with van der Waals surface area (Å²) in [6, 6.07) is 12.6. The van der Waals surface area contributed by atoms with E-state index < -0.39 is 0 Å². The predicted octanol–water partition coefficient (Wildman–Crippen LogP) is 5.79. The summed E-state index contributed by atoms with van der Waals surface area (Å²) < 4.78 is 0. The van der Waals surface area contributed by atoms with Crippen molar-refractivity contribution < 1.29 is 0 Å². The zero-order valence-corrected chi connectivity index (χ0v) is 16.3. The number of aryl methyl sites for hydroxylation is 4. The third kappa shape index (κ3) is 4.05. The summed E-state index contributed by atoms with van der Waals surface area (Å²) in [6.45, 7) is 4.30. The van der Waals surface area contributed by atoms with E-state index in [9.17, 15) is 0 Å². The second kappa shape index (κ2) is 7.95. The Hall–Kier alpha value is -2.62. The van der Waals surface area contributed by atoms with Crippen molar-refractivity contribution in [2.45, 2.75) is 58.8 Å². The second-order valence-corrected chi connectivity index (χ2v) is 7.56. The highest BCUT2D eigenvalue weighted by Gasteiger charge is 2.07. The minimum atomic E-state index is 1.04. The first-order valence-corrected chi connectivity index (χ1v) is 10.1. The van der Waals surface area contributed by atoms with Crippen molar-refractivity contribution in [3.05, 3.63) is 59.2 Å². The van der Waals surface area contributed by atoms with Gasteiger partial charge in [0.1, 0.15) is 11.6 Å². The van der Waals surface area contributed by atoms with E-state index >= 15 is 0 Å². The van der Waals surface area contributed by atoms with E-state index in [1.807, 2.05) is 6.07 Å². The third-order valence-electron chi connectivity index (χ3n) is 5.49. The first-order valence-electron chi connectivity index (χ1n) is 10.1. The maximum atomic E-state index is 4.80. The molecule has 0 aliphatic carbocycles. The van der Waals surface area contributed by atoms with Crippen molar-refractivity contribution in [2.75, 3.05) is 0 Å². The summed E-state index contributed by atoms with van der Waals surface area (Å²) in [7, 11) is 0. The smallest absolute Gasteiger partial charge is 0.107 e. The number of unbranched alkanes of at least 4 members (excludes halogenated alkanes) is 4. The van der Waals surface area contributed by atoms with Crippen LogP contribution in [-0.4, -0.2) is 19.9 Å². The molecule has 0 fully saturated rings. The van der Waals surface area contributed by atoms with Crippen molar-refractivity contribution in [1.29, 1.82) is 0 Å². The summed E-state index contributed by atoms with van der Waals surface area (Å²) >= 11 is 0. The number of nitrogens with zero attached hydrogens (tertiary/aromatic N) is 2. The van der Waals surface area contributed by atoms with Gasteiger partial charge in [0, 0.05) is 12.8 Å². The number of para-hydroxylation sites is 2. The average molecular weight is 361 g/mol. The van der Waals surface area contributed by atoms with Gasteiger partial charge in [0.15, 0.2) is 0 Å². The predicted molar refractivity (Wildman–Crippen MR) is 112 cm³/mol. The number of imidazole rings is 2. The number of H-pyrrole nitrogens is 2. The normalized spacial score (nSPS) is 11.6. The van der Waals surface area contributed by atoms with E-state index in [2.05, 4.69) is 59.1 Å². The molecule has 2 heterocycles. The quantitative estimate of drug-likeness (QED) is 0.391. The van der Waals surface area contributed by atoms with Crippen LogP contribution in [-0.2, 0) is 12.8 Å². The number of benzene rings is 2. The van der Waals surface area contributed by atoms with Crippen molar-refractivity contribution in [3.63, 3.8) is 0 Å². The van der Waals surface area contributed by atoms with Crippen LogP contribution in [0.2, 0.25) is 0 Å². The lowest BCUT2D eigenvalue weighted by Gasteiger charge is -2.00. The Morgan fingerprint density at radius 3 is 2.15 bits per heavy atom. The second-order valence-electron chi connectivity index (χ2n) is 7.56. The van der Waals surface area contributed by atoms with Crippen LogP contribution in [0.4, 0.5) is 0 Å². The van der Waals surface area contributed by atoms with E-state index in [1.54, 1.807) is 0 Å². The lowest BCUT2D eigenvalue weighted by atomic mass is 10.1. The molecule has 4 aromatic rings. The molecule has 2 aromatic carbocycles. The average Bonchev–Trinajstić information content (AvgIpc) is 3.27. The highest BCUT2D eigenvalue weighted by atomic mass is 14.9. The lowest BCUT2D eigenvalue weighted by Crippen LogP contribution is -1.91. The highest BCUT2D eigenvalue weighted by molar-refractivity contribution is 5.79. The first-order chi connectivity index (χ1) is 13.2. The largest absolute Gasteiger partial charge is 0.342 e. The Labute approximate surface area is 160 Å². The van der Waals surface area contributed by atoms with Crippen LogP contribution in [0, 0.1) is 13.8 Å². The molecule has 0 amide bonds. The minimum absolute atomic E-state index is 1.04. The molecular formula is C23H28N4. The minimum Gasteiger partial charge on any atom is -0.342 e. The van der Waals surface area contributed by atoms with Gasteiger partial charge in [-0.05, 0) is 56.0 Å². The summed E-state index contributed by atoms with van der Waals surface area (Å²) in [5, 5.41) is 0. The molecule has 140 valence electrons. The maximum Gasteiger partial charge on any atom is 0.107 e. The number of hydrogen-bond acceptors (Lipinski definition) is 2. The van der Waals surface area contributed by atoms with Crippen LogP contribution in [0.25, 0.3) is 22.1 Å². The first kappa shape index (κ1) is 17.8. The fourth-order valence-corrected chi connectivity index (χ4v) is 3.72. The van der Waals surface area contributed by atoms with Crippen LogP contribution in [0.5, 0.6) is 0 Å². The van der Waals surface area contributed by atoms with Crippen LogP contribution in [0.3, 0.4) is 0 Å². The van der Waals surface area contributed by atoms with E-state index in [0.717, 1.165) is 41.0 Å². The maximum absolute atomic E-state index is 4.80. The van der Waals surface area contributed by atoms with E-state index in [4.69, 9.17) is 4.98 Å². The monoisotopic (exact) mass is 360 g/mol. The number of aromatic nitrogens is 4. The fourth-order valence-electron chi connectivity index (χ4n) is 3.72. The molecular weight excluding hydrogens is 332 g/mol. The van der Waals surface area contributed by atoms with Gasteiger partial charge in [0.05, 0.1) is 22.1 Å². The van der Waals surface area contributed by atoms with Crippen molar-refractivity contribution in [3.8, 4) is 0 Å². The standard InChI is InChI=1S/C23H28N4/c1-16-14-15-20-23(17(16)2)27-22(26-20)13-7-5-3-4-6-12-21-24-18-10-8-9-11-19(18)25-21/h8-11,14-15H,3-7,12-13H2,1-2H3,(H,24,25)(H,26,27). The molecule has 0 bridgehead atoms. The lowest BCUT2D eigenvalue weighted by molar-refractivity contribution is 0.603. The molecule has 0 radical (unpaired) electrons. The van der Waals surface area contributed by atoms with E-state index in [0.29, 0.717) is 0 Å². The zero-order chi connectivity index (χ0) is 18.6. The molecule has 0 unspecified atom stereocenters. The SMILES string of the molecule is Cc1ccc2[nH]c(CCCCCCCc3nc4ccccc4[nH]3)nc2c1C. The molecule has 0 aliphatic rings. The van der Waals surface area contributed by atoms with Gasteiger partial charge in [-0.25, -0.2) is 9.97 Å². The molecule has 4 heteroatoms. The molecule has 0 atom stereocenters. The molecule has 4 nitrogen and oxygen atoms in total. The topological polar surface area (TPSA) is 57.4 Å². The zero-order valence-electron chi connectivity index (χ0n) is 16.3. The Bertz CT molecular complexity index is 1010. The Kier molecular flexibility index (Phi) is 5.23. The van der Waals surface area contributed by atoms with Crippen LogP contribution in [0.15, 0.2) is 36.4 Å². The molecule has 2 N–H and O–H groups in total. The summed E-state index contributed by atoms with van der Waals surface area (Å²) in [6.07, 6.45) is 8.27. The Morgan fingerprint density at radius 2 is 1.37 bits per heavy atom. The fraction of sp³-hybridized carbons (Fsp3) is 0.391. The van der Waals surface area contributed by atoms with Gasteiger partial charge in [0.25, 0.3) is 0 Å². The molecule has 4 rings (SSSR count).